The molecule has 0 aliphatic heterocycles. The van der Waals surface area contributed by atoms with Crippen LogP contribution in [0.2, 0.25) is 0 Å². The van der Waals surface area contributed by atoms with Gasteiger partial charge in [0.05, 0.1) is 10.2 Å². The normalized spacial score (nSPS) is 10.2. The lowest BCUT2D eigenvalue weighted by atomic mass is 10.3. The van der Waals surface area contributed by atoms with Gasteiger partial charge in [0.15, 0.2) is 0 Å². The van der Waals surface area contributed by atoms with E-state index in [2.05, 4.69) is 33.2 Å². The molecule has 0 saturated heterocycles. The number of para-hydroxylation sites is 1. The first kappa shape index (κ1) is 13.9. The fourth-order valence-electron chi connectivity index (χ4n) is 1.65. The van der Waals surface area contributed by atoms with Gasteiger partial charge in [-0.25, -0.2) is 0 Å². The molecule has 1 aromatic heterocycles. The van der Waals surface area contributed by atoms with E-state index in [4.69, 9.17) is 4.74 Å². The average molecular weight is 321 g/mol. The lowest BCUT2D eigenvalue weighted by Gasteiger charge is -2.09. The maximum absolute atomic E-state index is 5.75. The van der Waals surface area contributed by atoms with E-state index in [1.54, 1.807) is 6.20 Å². The zero-order valence-corrected chi connectivity index (χ0v) is 12.5. The molecule has 4 heteroatoms. The van der Waals surface area contributed by atoms with Crippen LogP contribution < -0.4 is 10.1 Å². The molecule has 0 aliphatic rings. The Kier molecular flexibility index (Phi) is 5.21. The van der Waals surface area contributed by atoms with Crippen molar-refractivity contribution in [3.63, 3.8) is 0 Å². The van der Waals surface area contributed by atoms with Crippen molar-refractivity contribution in [3.8, 4) is 5.75 Å². The molecule has 3 nitrogen and oxygen atoms in total. The van der Waals surface area contributed by atoms with Crippen LogP contribution in [0.4, 0.5) is 5.69 Å². The molecule has 1 aromatic carbocycles. The van der Waals surface area contributed by atoms with Crippen LogP contribution in [0.15, 0.2) is 47.1 Å². The number of halogens is 1. The number of hydrogen-bond acceptors (Lipinski definition) is 3. The Morgan fingerprint density at radius 1 is 1.26 bits per heavy atom. The Bertz CT molecular complexity index is 531. The largest absolute Gasteiger partial charge is 0.486 e. The highest BCUT2D eigenvalue weighted by Gasteiger charge is 2.02. The topological polar surface area (TPSA) is 34.2 Å². The number of pyridine rings is 1. The van der Waals surface area contributed by atoms with Crippen LogP contribution in [0.25, 0.3) is 0 Å². The standard InChI is InChI=1S/C15H17BrN2O/c1-2-8-17-12-7-9-18-13(10-12)11-19-15-6-4-3-5-14(15)16/h3-7,9-10H,2,8,11H2,1H3,(H,17,18). The summed E-state index contributed by atoms with van der Waals surface area (Å²) >= 11 is 3.46. The molecule has 2 rings (SSSR count). The molecule has 0 aliphatic carbocycles. The zero-order chi connectivity index (χ0) is 13.5. The van der Waals surface area contributed by atoms with Crippen molar-refractivity contribution in [1.29, 1.82) is 0 Å². The van der Waals surface area contributed by atoms with Gasteiger partial charge in [0.2, 0.25) is 0 Å². The number of nitrogens with one attached hydrogen (secondary N) is 1. The number of nitrogens with zero attached hydrogens (tertiary/aromatic N) is 1. The fraction of sp³-hybridized carbons (Fsp3) is 0.267. The summed E-state index contributed by atoms with van der Waals surface area (Å²) in [6.45, 7) is 3.57. The van der Waals surface area contributed by atoms with E-state index in [1.807, 2.05) is 36.4 Å². The molecule has 0 saturated carbocycles. The van der Waals surface area contributed by atoms with Crippen molar-refractivity contribution in [3.05, 3.63) is 52.8 Å². The highest BCUT2D eigenvalue weighted by Crippen LogP contribution is 2.24. The van der Waals surface area contributed by atoms with Crippen LogP contribution in [-0.4, -0.2) is 11.5 Å². The monoisotopic (exact) mass is 320 g/mol. The van der Waals surface area contributed by atoms with Crippen molar-refractivity contribution in [2.75, 3.05) is 11.9 Å². The summed E-state index contributed by atoms with van der Waals surface area (Å²) in [5.74, 6) is 0.830. The number of rotatable bonds is 6. The molecule has 0 radical (unpaired) electrons. The van der Waals surface area contributed by atoms with Crippen LogP contribution >= 0.6 is 15.9 Å². The van der Waals surface area contributed by atoms with Gasteiger partial charge in [-0.2, -0.15) is 0 Å². The highest BCUT2D eigenvalue weighted by atomic mass is 79.9. The minimum absolute atomic E-state index is 0.463. The van der Waals surface area contributed by atoms with Crippen LogP contribution in [0, 0.1) is 0 Å². The fourth-order valence-corrected chi connectivity index (χ4v) is 2.05. The predicted octanol–water partition coefficient (Wildman–Crippen LogP) is 4.25. The second kappa shape index (κ2) is 7.14. The van der Waals surface area contributed by atoms with Crippen LogP contribution in [0.5, 0.6) is 5.75 Å². The number of benzene rings is 1. The number of ether oxygens (including phenoxy) is 1. The molecule has 1 N–H and O–H groups in total. The molecular weight excluding hydrogens is 304 g/mol. The molecule has 0 atom stereocenters. The molecule has 0 unspecified atom stereocenters. The Hall–Kier alpha value is -1.55. The summed E-state index contributed by atoms with van der Waals surface area (Å²) in [6.07, 6.45) is 2.90. The first-order valence-electron chi connectivity index (χ1n) is 6.35. The third kappa shape index (κ3) is 4.24. The van der Waals surface area contributed by atoms with Crippen LogP contribution in [0.1, 0.15) is 19.0 Å². The van der Waals surface area contributed by atoms with Gasteiger partial charge in [0.1, 0.15) is 12.4 Å². The van der Waals surface area contributed by atoms with Gasteiger partial charge in [-0.15, -0.1) is 0 Å². The van der Waals surface area contributed by atoms with Gasteiger partial charge in [-0.1, -0.05) is 19.1 Å². The van der Waals surface area contributed by atoms with E-state index < -0.39 is 0 Å². The predicted molar refractivity (Wildman–Crippen MR) is 81.5 cm³/mol. The Labute approximate surface area is 122 Å². The van der Waals surface area contributed by atoms with E-state index in [9.17, 15) is 0 Å². The van der Waals surface area contributed by atoms with Crippen molar-refractivity contribution >= 4 is 21.6 Å². The highest BCUT2D eigenvalue weighted by molar-refractivity contribution is 9.10. The first-order valence-corrected chi connectivity index (χ1v) is 7.15. The molecule has 1 heterocycles. The lowest BCUT2D eigenvalue weighted by Crippen LogP contribution is -2.03. The van der Waals surface area contributed by atoms with E-state index in [1.165, 1.54) is 0 Å². The lowest BCUT2D eigenvalue weighted by molar-refractivity contribution is 0.299. The minimum atomic E-state index is 0.463. The summed E-state index contributed by atoms with van der Waals surface area (Å²) in [5, 5.41) is 3.34. The second-order valence-corrected chi connectivity index (χ2v) is 5.04. The summed E-state index contributed by atoms with van der Waals surface area (Å²) in [4.78, 5) is 4.31. The number of aromatic nitrogens is 1. The molecule has 2 aromatic rings. The SMILES string of the molecule is CCCNc1ccnc(COc2ccccc2Br)c1. The molecule has 19 heavy (non-hydrogen) atoms. The average Bonchev–Trinajstić information content (AvgIpc) is 2.45. The molecule has 100 valence electrons. The second-order valence-electron chi connectivity index (χ2n) is 4.18. The summed E-state index contributed by atoms with van der Waals surface area (Å²) < 4.78 is 6.70. The number of hydrogen-bond donors (Lipinski definition) is 1. The summed E-state index contributed by atoms with van der Waals surface area (Å²) in [5.41, 5.74) is 2.00. The van der Waals surface area contributed by atoms with E-state index in [-0.39, 0.29) is 0 Å². The van der Waals surface area contributed by atoms with E-state index >= 15 is 0 Å². The van der Waals surface area contributed by atoms with Crippen molar-refractivity contribution in [2.24, 2.45) is 0 Å². The zero-order valence-electron chi connectivity index (χ0n) is 10.9. The first-order chi connectivity index (χ1) is 9.29. The van der Waals surface area contributed by atoms with Gasteiger partial charge in [-0.3, -0.25) is 4.98 Å². The Morgan fingerprint density at radius 2 is 2.11 bits per heavy atom. The molecule has 0 fully saturated rings. The van der Waals surface area contributed by atoms with Gasteiger partial charge in [0.25, 0.3) is 0 Å². The Balaban J connectivity index is 1.98. The van der Waals surface area contributed by atoms with E-state index in [0.717, 1.165) is 34.6 Å². The Morgan fingerprint density at radius 3 is 2.89 bits per heavy atom. The molecule has 0 bridgehead atoms. The van der Waals surface area contributed by atoms with Crippen LogP contribution in [-0.2, 0) is 6.61 Å². The maximum atomic E-state index is 5.75. The minimum Gasteiger partial charge on any atom is -0.486 e. The van der Waals surface area contributed by atoms with Crippen LogP contribution in [0.3, 0.4) is 0 Å². The molecule has 0 spiro atoms. The third-order valence-electron chi connectivity index (χ3n) is 2.61. The quantitative estimate of drug-likeness (QED) is 0.864. The van der Waals surface area contributed by atoms with Gasteiger partial charge >= 0.3 is 0 Å². The van der Waals surface area contributed by atoms with Crippen molar-refractivity contribution < 1.29 is 4.74 Å². The van der Waals surface area contributed by atoms with Gasteiger partial charge in [0, 0.05) is 18.4 Å². The number of anilines is 1. The summed E-state index contributed by atoms with van der Waals surface area (Å²) in [6, 6.07) is 11.8. The van der Waals surface area contributed by atoms with E-state index in [0.29, 0.717) is 6.61 Å². The molecular formula is C15H17BrN2O. The van der Waals surface area contributed by atoms with Crippen molar-refractivity contribution in [1.82, 2.24) is 4.98 Å². The van der Waals surface area contributed by atoms with Crippen molar-refractivity contribution in [2.45, 2.75) is 20.0 Å². The van der Waals surface area contributed by atoms with Gasteiger partial charge in [-0.05, 0) is 46.6 Å². The summed E-state index contributed by atoms with van der Waals surface area (Å²) in [7, 11) is 0. The molecule has 0 amide bonds. The smallest absolute Gasteiger partial charge is 0.134 e. The maximum Gasteiger partial charge on any atom is 0.134 e. The third-order valence-corrected chi connectivity index (χ3v) is 3.26. The van der Waals surface area contributed by atoms with Gasteiger partial charge < -0.3 is 10.1 Å².